The lowest BCUT2D eigenvalue weighted by molar-refractivity contribution is -0.154. The number of carbonyl (C=O) groups excluding carboxylic acids is 3. The summed E-state index contributed by atoms with van der Waals surface area (Å²) in [6, 6.07) is 23.6. The number of β-lactam (4-membered cyclic amide) rings is 1. The molecule has 0 unspecified atom stereocenters. The molecule has 0 aliphatic carbocycles. The fraction of sp³-hybridized carbons (Fsp3) is 0.167. The molecule has 0 radical (unpaired) electrons. The Morgan fingerprint density at radius 2 is 1.69 bits per heavy atom. The summed E-state index contributed by atoms with van der Waals surface area (Å²) < 4.78 is 20.0. The molecule has 0 spiro atoms. The minimum absolute atomic E-state index is 0.000164. The van der Waals surface area contributed by atoms with Crippen LogP contribution >= 0.6 is 34.9 Å². The van der Waals surface area contributed by atoms with Gasteiger partial charge in [0.25, 0.3) is 5.91 Å². The number of hydrogen-bond acceptors (Lipinski definition) is 9. The van der Waals surface area contributed by atoms with E-state index in [4.69, 9.17) is 4.74 Å². The first-order chi connectivity index (χ1) is 20.5. The molecule has 4 aromatic rings. The molecule has 2 aliphatic heterocycles. The summed E-state index contributed by atoms with van der Waals surface area (Å²) >= 11 is 4.06. The van der Waals surface area contributed by atoms with Crippen molar-refractivity contribution in [2.75, 3.05) is 5.75 Å². The van der Waals surface area contributed by atoms with Gasteiger partial charge in [-0.2, -0.15) is 0 Å². The highest BCUT2D eigenvalue weighted by atomic mass is 32.2. The maximum absolute atomic E-state index is 14.0. The first-order valence-electron chi connectivity index (χ1n) is 12.9. The molecule has 42 heavy (non-hydrogen) atoms. The van der Waals surface area contributed by atoms with E-state index in [2.05, 4.69) is 15.5 Å². The number of aromatic nitrogens is 2. The molecular formula is C30H23FN4O4S3. The number of ether oxygens (including phenoxy) is 1. The Balaban J connectivity index is 1.26. The zero-order chi connectivity index (χ0) is 29.1. The van der Waals surface area contributed by atoms with Crippen LogP contribution in [0.3, 0.4) is 0 Å². The number of hydrogen-bond donors (Lipinski definition) is 1. The van der Waals surface area contributed by atoms with Gasteiger partial charge in [0.05, 0.1) is 6.42 Å². The van der Waals surface area contributed by atoms with E-state index in [0.717, 1.165) is 11.1 Å². The summed E-state index contributed by atoms with van der Waals surface area (Å²) in [5.41, 5.74) is 3.95. The number of nitrogens with zero attached hydrogens (tertiary/aromatic N) is 3. The lowest BCUT2D eigenvalue weighted by atomic mass is 10.0. The van der Waals surface area contributed by atoms with Crippen LogP contribution in [-0.2, 0) is 25.5 Å². The quantitative estimate of drug-likeness (QED) is 0.208. The van der Waals surface area contributed by atoms with Crippen LogP contribution in [-0.4, -0.2) is 50.0 Å². The number of benzene rings is 3. The Morgan fingerprint density at radius 3 is 2.31 bits per heavy atom. The van der Waals surface area contributed by atoms with E-state index in [9.17, 15) is 18.8 Å². The first kappa shape index (κ1) is 28.1. The number of carbonyl (C=O) groups is 3. The minimum atomic E-state index is -0.808. The van der Waals surface area contributed by atoms with Gasteiger partial charge in [0.15, 0.2) is 10.4 Å². The van der Waals surface area contributed by atoms with Gasteiger partial charge in [-0.25, -0.2) is 9.18 Å². The number of amides is 2. The number of rotatable bonds is 9. The van der Waals surface area contributed by atoms with Gasteiger partial charge in [-0.05, 0) is 28.8 Å². The van der Waals surface area contributed by atoms with Crippen molar-refractivity contribution < 1.29 is 23.5 Å². The zero-order valence-electron chi connectivity index (χ0n) is 21.9. The minimum Gasteiger partial charge on any atom is -0.448 e. The zero-order valence-corrected chi connectivity index (χ0v) is 24.3. The molecule has 3 aromatic carbocycles. The van der Waals surface area contributed by atoms with E-state index in [-0.39, 0.29) is 18.0 Å². The third kappa shape index (κ3) is 5.96. The number of thioether (sulfide) groups is 2. The fourth-order valence-electron chi connectivity index (χ4n) is 4.73. The molecule has 0 saturated carbocycles. The SMILES string of the molecule is O=C(Cc1ccc(F)cc1)N[C@@H]1C(=O)N2C(C(=O)OC(c3ccccc3)c3ccccc3)=C(Sc3nncs3)CS[C@@H]12. The molecule has 6 rings (SSSR count). The number of halogens is 1. The fourth-order valence-corrected chi connectivity index (χ4v) is 7.84. The van der Waals surface area contributed by atoms with Gasteiger partial charge in [-0.1, -0.05) is 95.9 Å². The van der Waals surface area contributed by atoms with Crippen LogP contribution in [0, 0.1) is 5.82 Å². The van der Waals surface area contributed by atoms with E-state index in [1.165, 1.54) is 64.0 Å². The highest BCUT2D eigenvalue weighted by Gasteiger charge is 2.55. The van der Waals surface area contributed by atoms with Gasteiger partial charge in [0, 0.05) is 10.7 Å². The molecule has 12 heteroatoms. The van der Waals surface area contributed by atoms with Gasteiger partial charge in [0.2, 0.25) is 5.91 Å². The Labute approximate surface area is 253 Å². The summed E-state index contributed by atoms with van der Waals surface area (Å²) in [6.07, 6.45) is -0.698. The van der Waals surface area contributed by atoms with Gasteiger partial charge in [-0.15, -0.1) is 22.0 Å². The largest absolute Gasteiger partial charge is 0.448 e. The normalized spacial score (nSPS) is 18.0. The predicted octanol–water partition coefficient (Wildman–Crippen LogP) is 4.96. The van der Waals surface area contributed by atoms with Crippen LogP contribution in [0.25, 0.3) is 0 Å². The third-order valence-electron chi connectivity index (χ3n) is 6.70. The lowest BCUT2D eigenvalue weighted by Gasteiger charge is -2.49. The second-order valence-corrected chi connectivity index (χ2v) is 12.7. The molecule has 1 N–H and O–H groups in total. The molecule has 0 bridgehead atoms. The maximum Gasteiger partial charge on any atom is 0.356 e. The standard InChI is InChI=1S/C30H23FN4O4S3/c31-21-13-11-18(12-14-21)15-23(36)33-24-27(37)35-25(22(16-40-28(24)35)42-30-34-32-17-41-30)29(38)39-26(19-7-3-1-4-8-19)20-9-5-2-6-10-20/h1-14,17,24,26,28H,15-16H2,(H,33,36)/t24-,28+/m1/s1. The highest BCUT2D eigenvalue weighted by Crippen LogP contribution is 2.46. The summed E-state index contributed by atoms with van der Waals surface area (Å²) in [5.74, 6) is -1.39. The molecule has 1 saturated heterocycles. The van der Waals surface area contributed by atoms with E-state index in [1.807, 2.05) is 60.7 Å². The van der Waals surface area contributed by atoms with Crippen molar-refractivity contribution in [3.8, 4) is 0 Å². The summed E-state index contributed by atoms with van der Waals surface area (Å²) in [4.78, 5) is 42.3. The summed E-state index contributed by atoms with van der Waals surface area (Å²) in [7, 11) is 0. The Bertz CT molecular complexity index is 1580. The predicted molar refractivity (Wildman–Crippen MR) is 159 cm³/mol. The lowest BCUT2D eigenvalue weighted by Crippen LogP contribution is -2.70. The van der Waals surface area contributed by atoms with Crippen LogP contribution in [0.4, 0.5) is 4.39 Å². The van der Waals surface area contributed by atoms with Crippen molar-refractivity contribution in [3.63, 3.8) is 0 Å². The molecule has 2 atom stereocenters. The van der Waals surface area contributed by atoms with Crippen LogP contribution in [0.1, 0.15) is 22.8 Å². The van der Waals surface area contributed by atoms with Crippen LogP contribution < -0.4 is 5.32 Å². The molecule has 1 aromatic heterocycles. The Hall–Kier alpha value is -4.00. The smallest absolute Gasteiger partial charge is 0.356 e. The number of fused-ring (bicyclic) bond motifs is 1. The molecular weight excluding hydrogens is 596 g/mol. The van der Waals surface area contributed by atoms with Gasteiger partial charge in [-0.3, -0.25) is 14.5 Å². The Kier molecular flexibility index (Phi) is 8.36. The number of nitrogens with one attached hydrogen (secondary N) is 1. The van der Waals surface area contributed by atoms with Crippen molar-refractivity contribution in [1.29, 1.82) is 0 Å². The monoisotopic (exact) mass is 618 g/mol. The topological polar surface area (TPSA) is 101 Å². The molecule has 2 aliphatic rings. The van der Waals surface area contributed by atoms with E-state index in [1.54, 1.807) is 5.51 Å². The number of esters is 1. The molecule has 1 fully saturated rings. The molecule has 3 heterocycles. The van der Waals surface area contributed by atoms with Gasteiger partial charge >= 0.3 is 5.97 Å². The summed E-state index contributed by atoms with van der Waals surface area (Å²) in [5, 5.41) is 10.3. The van der Waals surface area contributed by atoms with E-state index >= 15 is 0 Å². The first-order valence-corrected chi connectivity index (χ1v) is 15.7. The van der Waals surface area contributed by atoms with Crippen molar-refractivity contribution in [3.05, 3.63) is 124 Å². The summed E-state index contributed by atoms with van der Waals surface area (Å²) in [6.45, 7) is 0. The van der Waals surface area contributed by atoms with Crippen LogP contribution in [0.5, 0.6) is 0 Å². The average molecular weight is 619 g/mol. The molecule has 2 amide bonds. The average Bonchev–Trinajstić information content (AvgIpc) is 3.53. The van der Waals surface area contributed by atoms with Crippen molar-refractivity contribution in [2.45, 2.75) is 28.3 Å². The van der Waals surface area contributed by atoms with Gasteiger partial charge in [0.1, 0.15) is 28.4 Å². The maximum atomic E-state index is 14.0. The van der Waals surface area contributed by atoms with E-state index < -0.39 is 35.2 Å². The Morgan fingerprint density at radius 1 is 1.02 bits per heavy atom. The van der Waals surface area contributed by atoms with E-state index in [0.29, 0.717) is 20.6 Å². The van der Waals surface area contributed by atoms with Crippen molar-refractivity contribution in [1.82, 2.24) is 20.4 Å². The highest BCUT2D eigenvalue weighted by molar-refractivity contribution is 8.07. The van der Waals surface area contributed by atoms with Crippen LogP contribution in [0.2, 0.25) is 0 Å². The van der Waals surface area contributed by atoms with Crippen LogP contribution in [0.15, 0.2) is 105 Å². The van der Waals surface area contributed by atoms with Crippen molar-refractivity contribution in [2.24, 2.45) is 0 Å². The molecule has 8 nitrogen and oxygen atoms in total. The second kappa shape index (κ2) is 12.5. The molecule has 212 valence electrons. The third-order valence-corrected chi connectivity index (χ3v) is 10.0. The van der Waals surface area contributed by atoms with Gasteiger partial charge < -0.3 is 10.1 Å². The second-order valence-electron chi connectivity index (χ2n) is 9.44. The van der Waals surface area contributed by atoms with Crippen molar-refractivity contribution >= 4 is 52.6 Å².